The number of aryl methyl sites for hydroxylation is 1. The molecule has 3 N–H and O–H groups in total. The monoisotopic (exact) mass is 413 g/mol. The largest absolute Gasteiger partial charge is 0.493 e. The summed E-state index contributed by atoms with van der Waals surface area (Å²) in [6, 6.07) is 7.12. The highest BCUT2D eigenvalue weighted by Gasteiger charge is 2.21. The van der Waals surface area contributed by atoms with Crippen LogP contribution in [0.2, 0.25) is 0 Å². The van der Waals surface area contributed by atoms with Gasteiger partial charge in [0.2, 0.25) is 5.75 Å². The molecule has 0 bridgehead atoms. The SMILES string of the molecule is COc1cc(C(=O)Nc2cc(N3CCC(C)CC3)c(C)cc2N)cc(OC)c1OC. The number of ether oxygens (including phenoxy) is 3. The molecule has 1 amide bonds. The number of nitrogens with one attached hydrogen (secondary N) is 1. The molecule has 0 aliphatic carbocycles. The summed E-state index contributed by atoms with van der Waals surface area (Å²) in [6.07, 6.45) is 2.33. The van der Waals surface area contributed by atoms with Crippen molar-refractivity contribution in [2.24, 2.45) is 5.92 Å². The van der Waals surface area contributed by atoms with Gasteiger partial charge in [0.15, 0.2) is 11.5 Å². The molecule has 0 saturated carbocycles. The fraction of sp³-hybridized carbons (Fsp3) is 0.435. The van der Waals surface area contributed by atoms with Crippen LogP contribution in [0, 0.1) is 12.8 Å². The Morgan fingerprint density at radius 3 is 2.17 bits per heavy atom. The Morgan fingerprint density at radius 2 is 1.63 bits per heavy atom. The van der Waals surface area contributed by atoms with Crippen molar-refractivity contribution in [1.29, 1.82) is 0 Å². The lowest BCUT2D eigenvalue weighted by molar-refractivity contribution is 0.102. The van der Waals surface area contributed by atoms with Gasteiger partial charge in [0, 0.05) is 24.3 Å². The maximum absolute atomic E-state index is 13.0. The fourth-order valence-electron chi connectivity index (χ4n) is 3.82. The Hall–Kier alpha value is -3.09. The van der Waals surface area contributed by atoms with E-state index in [1.54, 1.807) is 12.1 Å². The molecule has 1 aliphatic rings. The standard InChI is InChI=1S/C23H31N3O4/c1-14-6-8-26(9-7-14)19-13-18(17(24)10-15(19)2)25-23(27)16-11-20(28-3)22(30-5)21(12-16)29-4/h10-14H,6-9,24H2,1-5H3,(H,25,27). The first-order valence-electron chi connectivity index (χ1n) is 10.1. The van der Waals surface area contributed by atoms with Gasteiger partial charge in [-0.25, -0.2) is 0 Å². The molecule has 30 heavy (non-hydrogen) atoms. The number of anilines is 3. The van der Waals surface area contributed by atoms with Crippen LogP contribution in [-0.2, 0) is 0 Å². The molecule has 0 unspecified atom stereocenters. The zero-order valence-corrected chi connectivity index (χ0v) is 18.4. The maximum Gasteiger partial charge on any atom is 0.255 e. The van der Waals surface area contributed by atoms with Crippen LogP contribution in [0.5, 0.6) is 17.2 Å². The summed E-state index contributed by atoms with van der Waals surface area (Å²) in [5.74, 6) is 1.72. The van der Waals surface area contributed by atoms with E-state index < -0.39 is 0 Å². The third-order valence-corrected chi connectivity index (χ3v) is 5.67. The number of carbonyl (C=O) groups excluding carboxylic acids is 1. The van der Waals surface area contributed by atoms with E-state index in [1.165, 1.54) is 21.3 Å². The number of hydrogen-bond acceptors (Lipinski definition) is 6. The van der Waals surface area contributed by atoms with E-state index in [4.69, 9.17) is 19.9 Å². The molecular formula is C23H31N3O4. The smallest absolute Gasteiger partial charge is 0.255 e. The Kier molecular flexibility index (Phi) is 6.59. The summed E-state index contributed by atoms with van der Waals surface area (Å²) >= 11 is 0. The van der Waals surface area contributed by atoms with E-state index in [0.29, 0.717) is 34.2 Å². The van der Waals surface area contributed by atoms with Gasteiger partial charge in [0.25, 0.3) is 5.91 Å². The predicted molar refractivity (Wildman–Crippen MR) is 120 cm³/mol. The maximum atomic E-state index is 13.0. The average Bonchev–Trinajstić information content (AvgIpc) is 2.75. The Labute approximate surface area is 178 Å². The Balaban J connectivity index is 1.89. The van der Waals surface area contributed by atoms with E-state index in [0.717, 1.165) is 43.1 Å². The third kappa shape index (κ3) is 4.40. The van der Waals surface area contributed by atoms with Crippen molar-refractivity contribution in [3.63, 3.8) is 0 Å². The Bertz CT molecular complexity index is 896. The van der Waals surface area contributed by atoms with Crippen molar-refractivity contribution in [3.05, 3.63) is 35.4 Å². The number of nitrogen functional groups attached to an aromatic ring is 1. The van der Waals surface area contributed by atoms with Gasteiger partial charge in [0.05, 0.1) is 32.7 Å². The normalized spacial score (nSPS) is 14.4. The number of benzene rings is 2. The summed E-state index contributed by atoms with van der Waals surface area (Å²) in [6.45, 7) is 6.35. The number of nitrogens with two attached hydrogens (primary N) is 1. The molecule has 0 radical (unpaired) electrons. The molecule has 1 aliphatic heterocycles. The molecular weight excluding hydrogens is 382 g/mol. The molecule has 2 aromatic rings. The molecule has 7 nitrogen and oxygen atoms in total. The second kappa shape index (κ2) is 9.15. The fourth-order valence-corrected chi connectivity index (χ4v) is 3.82. The molecule has 1 fully saturated rings. The molecule has 0 spiro atoms. The van der Waals surface area contributed by atoms with Crippen molar-refractivity contribution in [2.75, 3.05) is 50.4 Å². The number of nitrogens with zero attached hydrogens (tertiary/aromatic N) is 1. The number of carbonyl (C=O) groups is 1. The van der Waals surface area contributed by atoms with Crippen LogP contribution in [0.4, 0.5) is 17.1 Å². The van der Waals surface area contributed by atoms with E-state index in [-0.39, 0.29) is 5.91 Å². The Morgan fingerprint density at radius 1 is 1.03 bits per heavy atom. The van der Waals surface area contributed by atoms with Gasteiger partial charge in [-0.1, -0.05) is 6.92 Å². The van der Waals surface area contributed by atoms with Crippen LogP contribution in [0.3, 0.4) is 0 Å². The molecule has 7 heteroatoms. The zero-order chi connectivity index (χ0) is 21.8. The lowest BCUT2D eigenvalue weighted by Crippen LogP contribution is -2.33. The van der Waals surface area contributed by atoms with Crippen LogP contribution in [-0.4, -0.2) is 40.3 Å². The minimum atomic E-state index is -0.303. The van der Waals surface area contributed by atoms with Crippen molar-refractivity contribution >= 4 is 23.0 Å². The van der Waals surface area contributed by atoms with Gasteiger partial charge in [-0.15, -0.1) is 0 Å². The summed E-state index contributed by atoms with van der Waals surface area (Å²) in [7, 11) is 4.56. The van der Waals surface area contributed by atoms with E-state index in [9.17, 15) is 4.79 Å². The van der Waals surface area contributed by atoms with Crippen molar-refractivity contribution in [3.8, 4) is 17.2 Å². The van der Waals surface area contributed by atoms with E-state index in [1.807, 2.05) is 12.1 Å². The van der Waals surface area contributed by atoms with Gasteiger partial charge in [0.1, 0.15) is 0 Å². The summed E-state index contributed by atoms with van der Waals surface area (Å²) < 4.78 is 16.0. The zero-order valence-electron chi connectivity index (χ0n) is 18.4. The second-order valence-corrected chi connectivity index (χ2v) is 7.76. The first-order valence-corrected chi connectivity index (χ1v) is 10.1. The quantitative estimate of drug-likeness (QED) is 0.694. The van der Waals surface area contributed by atoms with Gasteiger partial charge >= 0.3 is 0 Å². The summed E-state index contributed by atoms with van der Waals surface area (Å²) in [5.41, 5.74) is 9.94. The van der Waals surface area contributed by atoms with Crippen LogP contribution in [0.25, 0.3) is 0 Å². The molecule has 2 aromatic carbocycles. The number of amides is 1. The van der Waals surface area contributed by atoms with Crippen molar-refractivity contribution in [2.45, 2.75) is 26.7 Å². The van der Waals surface area contributed by atoms with Crippen molar-refractivity contribution < 1.29 is 19.0 Å². The van der Waals surface area contributed by atoms with E-state index >= 15 is 0 Å². The molecule has 3 rings (SSSR count). The number of rotatable bonds is 6. The van der Waals surface area contributed by atoms with Gasteiger partial charge in [-0.05, 0) is 55.5 Å². The molecule has 1 heterocycles. The van der Waals surface area contributed by atoms with E-state index in [2.05, 4.69) is 24.1 Å². The third-order valence-electron chi connectivity index (χ3n) is 5.67. The van der Waals surface area contributed by atoms with Crippen LogP contribution in [0.15, 0.2) is 24.3 Å². The number of piperidine rings is 1. The molecule has 0 atom stereocenters. The topological polar surface area (TPSA) is 86.1 Å². The van der Waals surface area contributed by atoms with Gasteiger partial charge in [-0.2, -0.15) is 0 Å². The molecule has 1 saturated heterocycles. The lowest BCUT2D eigenvalue weighted by Gasteiger charge is -2.33. The highest BCUT2D eigenvalue weighted by molar-refractivity contribution is 6.07. The minimum absolute atomic E-state index is 0.303. The first kappa shape index (κ1) is 21.6. The summed E-state index contributed by atoms with van der Waals surface area (Å²) in [5, 5.41) is 2.94. The van der Waals surface area contributed by atoms with Crippen LogP contribution in [0.1, 0.15) is 35.7 Å². The highest BCUT2D eigenvalue weighted by Crippen LogP contribution is 2.39. The predicted octanol–water partition coefficient (Wildman–Crippen LogP) is 4.09. The molecule has 0 aromatic heterocycles. The molecule has 162 valence electrons. The number of hydrogen-bond donors (Lipinski definition) is 2. The second-order valence-electron chi connectivity index (χ2n) is 7.76. The lowest BCUT2D eigenvalue weighted by atomic mass is 9.98. The van der Waals surface area contributed by atoms with Gasteiger partial charge < -0.3 is 30.2 Å². The minimum Gasteiger partial charge on any atom is -0.493 e. The van der Waals surface area contributed by atoms with Gasteiger partial charge in [-0.3, -0.25) is 4.79 Å². The number of methoxy groups -OCH3 is 3. The van der Waals surface area contributed by atoms with Crippen molar-refractivity contribution in [1.82, 2.24) is 0 Å². The summed E-state index contributed by atoms with van der Waals surface area (Å²) in [4.78, 5) is 15.4. The van der Waals surface area contributed by atoms with Crippen LogP contribution < -0.4 is 30.2 Å². The first-order chi connectivity index (χ1) is 14.4. The average molecular weight is 414 g/mol. The van der Waals surface area contributed by atoms with Crippen LogP contribution >= 0.6 is 0 Å². The highest BCUT2D eigenvalue weighted by atomic mass is 16.5.